The molecule has 0 bridgehead atoms. The fourth-order valence-electron chi connectivity index (χ4n) is 1.92. The van der Waals surface area contributed by atoms with Gasteiger partial charge in [-0.3, -0.25) is 0 Å². The van der Waals surface area contributed by atoms with Gasteiger partial charge in [0.25, 0.3) is 0 Å². The summed E-state index contributed by atoms with van der Waals surface area (Å²) in [6.45, 7) is -0.433. The van der Waals surface area contributed by atoms with E-state index in [4.69, 9.17) is 9.84 Å². The number of benzene rings is 1. The molecule has 2 rings (SSSR count). The van der Waals surface area contributed by atoms with Gasteiger partial charge < -0.3 is 30.5 Å². The fourth-order valence-corrected chi connectivity index (χ4v) is 1.92. The number of hydrogen-bond acceptors (Lipinski definition) is 6. The Kier molecular flexibility index (Phi) is 4.15. The maximum atomic E-state index is 9.80. The van der Waals surface area contributed by atoms with Crippen LogP contribution in [0.1, 0.15) is 0 Å². The van der Waals surface area contributed by atoms with Crippen LogP contribution < -0.4 is 5.32 Å². The number of aliphatic hydroxyl groups excluding tert-OH is 4. The minimum atomic E-state index is -1.36. The van der Waals surface area contributed by atoms with Crippen molar-refractivity contribution >= 4 is 5.69 Å². The maximum Gasteiger partial charge on any atom is 0.157 e. The third-order valence-corrected chi connectivity index (χ3v) is 2.97. The monoisotopic (exact) mass is 255 g/mol. The Morgan fingerprint density at radius 2 is 1.67 bits per heavy atom. The van der Waals surface area contributed by atoms with Crippen LogP contribution in [-0.4, -0.2) is 57.7 Å². The van der Waals surface area contributed by atoms with Gasteiger partial charge in [0.1, 0.15) is 24.4 Å². The van der Waals surface area contributed by atoms with Crippen LogP contribution in [0.3, 0.4) is 0 Å². The number of ether oxygens (including phenoxy) is 1. The van der Waals surface area contributed by atoms with Gasteiger partial charge in [-0.05, 0) is 12.1 Å². The van der Waals surface area contributed by atoms with Gasteiger partial charge in [0, 0.05) is 5.69 Å². The van der Waals surface area contributed by atoms with Gasteiger partial charge in [0.05, 0.1) is 6.61 Å². The molecule has 0 spiro atoms. The molecule has 1 heterocycles. The molecular formula is C12H17NO5. The molecule has 1 saturated heterocycles. The molecule has 18 heavy (non-hydrogen) atoms. The van der Waals surface area contributed by atoms with Crippen molar-refractivity contribution in [1.29, 1.82) is 0 Å². The summed E-state index contributed by atoms with van der Waals surface area (Å²) in [5.41, 5.74) is 0.710. The van der Waals surface area contributed by atoms with E-state index in [2.05, 4.69) is 5.32 Å². The molecule has 5 N–H and O–H groups in total. The smallest absolute Gasteiger partial charge is 0.157 e. The zero-order valence-electron chi connectivity index (χ0n) is 9.68. The van der Waals surface area contributed by atoms with Gasteiger partial charge in [-0.15, -0.1) is 0 Å². The van der Waals surface area contributed by atoms with E-state index in [-0.39, 0.29) is 0 Å². The minimum absolute atomic E-state index is 0.433. The molecule has 1 fully saturated rings. The van der Waals surface area contributed by atoms with Gasteiger partial charge in [0.15, 0.2) is 6.23 Å². The van der Waals surface area contributed by atoms with Crippen LogP contribution >= 0.6 is 0 Å². The van der Waals surface area contributed by atoms with E-state index in [1.807, 2.05) is 18.2 Å². The standard InChI is InChI=1S/C12H17NO5/c14-6-8-9(15)10(16)11(17)12(18-8)13-7-4-2-1-3-5-7/h1-5,8-17H,6H2/t8-,9-,10-,11+,12+/m1/s1. The predicted octanol–water partition coefficient (Wildman–Crippen LogP) is -1.10. The van der Waals surface area contributed by atoms with Gasteiger partial charge in [0.2, 0.25) is 0 Å². The molecule has 1 aromatic rings. The van der Waals surface area contributed by atoms with Crippen LogP contribution in [0.15, 0.2) is 30.3 Å². The molecule has 6 nitrogen and oxygen atoms in total. The van der Waals surface area contributed by atoms with Crippen molar-refractivity contribution in [2.45, 2.75) is 30.6 Å². The van der Waals surface area contributed by atoms with E-state index in [0.717, 1.165) is 0 Å². The van der Waals surface area contributed by atoms with Gasteiger partial charge in [-0.25, -0.2) is 0 Å². The Labute approximate surface area is 104 Å². The van der Waals surface area contributed by atoms with Crippen LogP contribution in [0.25, 0.3) is 0 Å². The minimum Gasteiger partial charge on any atom is -0.394 e. The highest BCUT2D eigenvalue weighted by Crippen LogP contribution is 2.22. The SMILES string of the molecule is OC[C@H]1O[C@H](Nc2ccccc2)[C@@H](O)[C@H](O)[C@@H]1O. The maximum absolute atomic E-state index is 9.80. The first-order valence-corrected chi connectivity index (χ1v) is 5.75. The molecule has 0 aromatic heterocycles. The van der Waals surface area contributed by atoms with Crippen molar-refractivity contribution in [2.75, 3.05) is 11.9 Å². The van der Waals surface area contributed by atoms with E-state index in [1.165, 1.54) is 0 Å². The summed E-state index contributed by atoms with van der Waals surface area (Å²) in [5, 5.41) is 41.0. The molecule has 5 atom stereocenters. The van der Waals surface area contributed by atoms with Gasteiger partial charge >= 0.3 is 0 Å². The predicted molar refractivity (Wildman–Crippen MR) is 63.8 cm³/mol. The number of para-hydroxylation sites is 1. The van der Waals surface area contributed by atoms with Crippen molar-refractivity contribution in [2.24, 2.45) is 0 Å². The first-order chi connectivity index (χ1) is 8.63. The quantitative estimate of drug-likeness (QED) is 0.470. The molecule has 6 heteroatoms. The number of anilines is 1. The molecule has 0 amide bonds. The fraction of sp³-hybridized carbons (Fsp3) is 0.500. The van der Waals surface area contributed by atoms with Crippen LogP contribution in [0, 0.1) is 0 Å². The topological polar surface area (TPSA) is 102 Å². The summed E-state index contributed by atoms with van der Waals surface area (Å²) < 4.78 is 5.31. The largest absolute Gasteiger partial charge is 0.394 e. The van der Waals surface area contributed by atoms with E-state index in [9.17, 15) is 15.3 Å². The van der Waals surface area contributed by atoms with E-state index >= 15 is 0 Å². The van der Waals surface area contributed by atoms with E-state index in [1.54, 1.807) is 12.1 Å². The second-order valence-electron chi connectivity index (χ2n) is 4.26. The van der Waals surface area contributed by atoms with Crippen LogP contribution in [0.4, 0.5) is 5.69 Å². The number of hydrogen-bond donors (Lipinski definition) is 5. The molecule has 1 aliphatic rings. The highest BCUT2D eigenvalue weighted by molar-refractivity contribution is 5.43. The second-order valence-corrected chi connectivity index (χ2v) is 4.26. The molecule has 0 saturated carbocycles. The van der Waals surface area contributed by atoms with Crippen molar-refractivity contribution in [3.8, 4) is 0 Å². The first-order valence-electron chi connectivity index (χ1n) is 5.75. The summed E-state index contributed by atoms with van der Waals surface area (Å²) in [5.74, 6) is 0. The van der Waals surface area contributed by atoms with Crippen molar-refractivity contribution in [1.82, 2.24) is 0 Å². The summed E-state index contributed by atoms with van der Waals surface area (Å²) in [4.78, 5) is 0. The summed E-state index contributed by atoms with van der Waals surface area (Å²) in [6, 6.07) is 9.03. The third-order valence-electron chi connectivity index (χ3n) is 2.97. The van der Waals surface area contributed by atoms with Crippen molar-refractivity contribution in [3.63, 3.8) is 0 Å². The summed E-state index contributed by atoms with van der Waals surface area (Å²) in [7, 11) is 0. The molecule has 100 valence electrons. The molecule has 1 aliphatic heterocycles. The average molecular weight is 255 g/mol. The Bertz CT molecular complexity index is 372. The van der Waals surface area contributed by atoms with Gasteiger partial charge in [-0.2, -0.15) is 0 Å². The number of rotatable bonds is 3. The summed E-state index contributed by atoms with van der Waals surface area (Å²) in [6.07, 6.45) is -5.76. The average Bonchev–Trinajstić information content (AvgIpc) is 2.40. The van der Waals surface area contributed by atoms with Crippen LogP contribution in [0.2, 0.25) is 0 Å². The van der Waals surface area contributed by atoms with Crippen molar-refractivity contribution < 1.29 is 25.2 Å². The van der Waals surface area contributed by atoms with E-state index in [0.29, 0.717) is 5.69 Å². The molecule has 1 aromatic carbocycles. The Morgan fingerprint density at radius 1 is 1.00 bits per heavy atom. The number of nitrogens with one attached hydrogen (secondary N) is 1. The van der Waals surface area contributed by atoms with Gasteiger partial charge in [-0.1, -0.05) is 18.2 Å². The van der Waals surface area contributed by atoms with Crippen molar-refractivity contribution in [3.05, 3.63) is 30.3 Å². The normalized spacial score (nSPS) is 36.3. The first kappa shape index (κ1) is 13.3. The molecule has 0 aliphatic carbocycles. The van der Waals surface area contributed by atoms with E-state index < -0.39 is 37.3 Å². The highest BCUT2D eigenvalue weighted by Gasteiger charge is 2.43. The summed E-state index contributed by atoms with van der Waals surface area (Å²) >= 11 is 0. The Hall–Kier alpha value is -1.18. The van der Waals surface area contributed by atoms with Crippen LogP contribution in [0.5, 0.6) is 0 Å². The van der Waals surface area contributed by atoms with Crippen LogP contribution in [-0.2, 0) is 4.74 Å². The highest BCUT2D eigenvalue weighted by atomic mass is 16.6. The lowest BCUT2D eigenvalue weighted by atomic mass is 9.98. The molecule has 0 radical (unpaired) electrons. The lowest BCUT2D eigenvalue weighted by Gasteiger charge is -2.40. The third kappa shape index (κ3) is 2.63. The Balaban J connectivity index is 2.08. The second kappa shape index (κ2) is 5.64. The zero-order valence-corrected chi connectivity index (χ0v) is 9.68. The Morgan fingerprint density at radius 3 is 2.28 bits per heavy atom. The molecule has 0 unspecified atom stereocenters. The lowest BCUT2D eigenvalue weighted by Crippen LogP contribution is -2.60. The zero-order chi connectivity index (χ0) is 13.1. The molecular weight excluding hydrogens is 238 g/mol. The lowest BCUT2D eigenvalue weighted by molar-refractivity contribution is -0.221. The number of aliphatic hydroxyl groups is 4.